The molecule has 0 unspecified atom stereocenters. The lowest BCUT2D eigenvalue weighted by Gasteiger charge is -1.91. The maximum absolute atomic E-state index is 3.79. The lowest BCUT2D eigenvalue weighted by atomic mass is 10.6. The van der Waals surface area contributed by atoms with Crippen LogP contribution in [0.1, 0.15) is 0 Å². The van der Waals surface area contributed by atoms with Gasteiger partial charge in [-0.25, -0.2) is 0 Å². The Morgan fingerprint density at radius 2 is 2.00 bits per heavy atom. The van der Waals surface area contributed by atoms with Crippen molar-refractivity contribution in [3.8, 4) is 0 Å². The van der Waals surface area contributed by atoms with Gasteiger partial charge in [0.25, 0.3) is 0 Å². The number of hydrogen-bond acceptors (Lipinski definition) is 2. The maximum Gasteiger partial charge on any atom is 0.142 e. The van der Waals surface area contributed by atoms with E-state index in [1.165, 1.54) is 0 Å². The number of nitrogens with zero attached hydrogens (tertiary/aromatic N) is 2. The van der Waals surface area contributed by atoms with Gasteiger partial charge in [0.1, 0.15) is 9.21 Å². The molecule has 0 atom stereocenters. The number of rotatable bonds is 0. The average molecular weight is 364 g/mol. The maximum atomic E-state index is 3.79. The van der Waals surface area contributed by atoms with Crippen LogP contribution in [-0.2, 0) is 0 Å². The minimum atomic E-state index is 0.759. The van der Waals surface area contributed by atoms with Gasteiger partial charge < -0.3 is 0 Å². The summed E-state index contributed by atoms with van der Waals surface area (Å²) < 4.78 is 2.59. The SMILES string of the molecule is Brc1cc(I)c(Br)nn1. The fraction of sp³-hybridized carbons (Fsp3) is 0. The molecule has 1 heterocycles. The summed E-state index contributed by atoms with van der Waals surface area (Å²) in [5.41, 5.74) is 0. The van der Waals surface area contributed by atoms with Crippen LogP contribution in [0.3, 0.4) is 0 Å². The van der Waals surface area contributed by atoms with Crippen LogP contribution < -0.4 is 0 Å². The van der Waals surface area contributed by atoms with Crippen molar-refractivity contribution < 1.29 is 0 Å². The topological polar surface area (TPSA) is 25.8 Å². The highest BCUT2D eigenvalue weighted by atomic mass is 127. The molecule has 5 heteroatoms. The van der Waals surface area contributed by atoms with Gasteiger partial charge in [0.2, 0.25) is 0 Å². The molecule has 2 nitrogen and oxygen atoms in total. The van der Waals surface area contributed by atoms with Crippen molar-refractivity contribution in [1.82, 2.24) is 10.2 Å². The molecular weight excluding hydrogens is 363 g/mol. The van der Waals surface area contributed by atoms with Crippen molar-refractivity contribution in [2.24, 2.45) is 0 Å². The second-order valence-corrected chi connectivity index (χ2v) is 4.03. The summed E-state index contributed by atoms with van der Waals surface area (Å²) in [6.07, 6.45) is 0. The van der Waals surface area contributed by atoms with Crippen LogP contribution in [0.15, 0.2) is 15.3 Å². The molecule has 0 bridgehead atoms. The molecule has 0 amide bonds. The van der Waals surface area contributed by atoms with Crippen LogP contribution in [-0.4, -0.2) is 10.2 Å². The molecule has 1 aromatic heterocycles. The summed E-state index contributed by atoms with van der Waals surface area (Å²) >= 11 is 8.59. The van der Waals surface area contributed by atoms with Crippen LogP contribution in [0.5, 0.6) is 0 Å². The van der Waals surface area contributed by atoms with Crippen LogP contribution in [0, 0.1) is 3.57 Å². The third-order valence-corrected chi connectivity index (χ3v) is 3.21. The first-order valence-corrected chi connectivity index (χ1v) is 4.71. The minimum absolute atomic E-state index is 0.759. The molecule has 0 N–H and O–H groups in total. The van der Waals surface area contributed by atoms with E-state index in [2.05, 4.69) is 64.6 Å². The second kappa shape index (κ2) is 3.25. The first-order chi connectivity index (χ1) is 4.20. The third-order valence-electron chi connectivity index (χ3n) is 0.676. The third kappa shape index (κ3) is 2.12. The van der Waals surface area contributed by atoms with E-state index in [-0.39, 0.29) is 0 Å². The van der Waals surface area contributed by atoms with Gasteiger partial charge in [-0.05, 0) is 60.5 Å². The quantitative estimate of drug-likeness (QED) is 0.662. The Labute approximate surface area is 82.8 Å². The molecular formula is C4HBr2IN2. The van der Waals surface area contributed by atoms with E-state index in [4.69, 9.17) is 0 Å². The minimum Gasteiger partial charge on any atom is -0.142 e. The summed E-state index contributed by atoms with van der Waals surface area (Å²) in [5, 5.41) is 7.55. The summed E-state index contributed by atoms with van der Waals surface area (Å²) in [6.45, 7) is 0. The predicted octanol–water partition coefficient (Wildman–Crippen LogP) is 2.61. The summed E-state index contributed by atoms with van der Waals surface area (Å²) in [6, 6.07) is 1.89. The largest absolute Gasteiger partial charge is 0.142 e. The van der Waals surface area contributed by atoms with Crippen molar-refractivity contribution in [1.29, 1.82) is 0 Å². The molecule has 0 fully saturated rings. The number of hydrogen-bond donors (Lipinski definition) is 0. The zero-order chi connectivity index (χ0) is 6.85. The standard InChI is InChI=1S/C4HBr2IN2/c5-3-1-2(7)4(6)9-8-3/h1H. The van der Waals surface area contributed by atoms with E-state index in [0.29, 0.717) is 0 Å². The fourth-order valence-corrected chi connectivity index (χ4v) is 1.67. The lowest BCUT2D eigenvalue weighted by molar-refractivity contribution is 0.971. The Kier molecular flexibility index (Phi) is 2.84. The number of aromatic nitrogens is 2. The van der Waals surface area contributed by atoms with Gasteiger partial charge in [-0.2, -0.15) is 0 Å². The fourth-order valence-electron chi connectivity index (χ4n) is 0.332. The predicted molar refractivity (Wildman–Crippen MR) is 50.1 cm³/mol. The molecule has 0 aliphatic carbocycles. The Morgan fingerprint density at radius 1 is 1.33 bits per heavy atom. The van der Waals surface area contributed by atoms with E-state index in [1.807, 2.05) is 6.07 Å². The van der Waals surface area contributed by atoms with Crippen molar-refractivity contribution in [3.63, 3.8) is 0 Å². The smallest absolute Gasteiger partial charge is 0.142 e. The van der Waals surface area contributed by atoms with E-state index in [9.17, 15) is 0 Å². The molecule has 0 radical (unpaired) electrons. The first kappa shape index (κ1) is 7.87. The molecule has 9 heavy (non-hydrogen) atoms. The summed E-state index contributed by atoms with van der Waals surface area (Å²) in [7, 11) is 0. The molecule has 0 aromatic carbocycles. The van der Waals surface area contributed by atoms with E-state index in [1.54, 1.807) is 0 Å². The summed E-state index contributed by atoms with van der Waals surface area (Å²) in [4.78, 5) is 0. The monoisotopic (exact) mass is 362 g/mol. The Bertz CT molecular complexity index is 228. The molecule has 0 saturated carbocycles. The molecule has 48 valence electrons. The Hall–Kier alpha value is 0.770. The van der Waals surface area contributed by atoms with Gasteiger partial charge in [-0.1, -0.05) is 0 Å². The Balaban J connectivity index is 3.17. The molecule has 0 aliphatic rings. The van der Waals surface area contributed by atoms with Gasteiger partial charge in [0.05, 0.1) is 3.57 Å². The second-order valence-electron chi connectivity index (χ2n) is 1.31. The lowest BCUT2D eigenvalue weighted by Crippen LogP contribution is -1.85. The van der Waals surface area contributed by atoms with Crippen molar-refractivity contribution in [2.75, 3.05) is 0 Å². The van der Waals surface area contributed by atoms with Crippen LogP contribution >= 0.6 is 54.5 Å². The van der Waals surface area contributed by atoms with Crippen LogP contribution in [0.25, 0.3) is 0 Å². The molecule has 0 spiro atoms. The first-order valence-electron chi connectivity index (χ1n) is 2.04. The zero-order valence-electron chi connectivity index (χ0n) is 4.11. The Morgan fingerprint density at radius 3 is 2.44 bits per heavy atom. The van der Waals surface area contributed by atoms with Crippen molar-refractivity contribution >= 4 is 54.5 Å². The molecule has 1 rings (SSSR count). The van der Waals surface area contributed by atoms with E-state index < -0.39 is 0 Å². The van der Waals surface area contributed by atoms with Crippen LogP contribution in [0.4, 0.5) is 0 Å². The number of halogens is 3. The highest BCUT2D eigenvalue weighted by Gasteiger charge is 1.97. The van der Waals surface area contributed by atoms with Gasteiger partial charge >= 0.3 is 0 Å². The molecule has 1 aromatic rings. The van der Waals surface area contributed by atoms with Gasteiger partial charge in [-0.15, -0.1) is 10.2 Å². The van der Waals surface area contributed by atoms with Crippen LogP contribution in [0.2, 0.25) is 0 Å². The van der Waals surface area contributed by atoms with Gasteiger partial charge in [0, 0.05) is 0 Å². The van der Waals surface area contributed by atoms with E-state index in [0.717, 1.165) is 12.8 Å². The zero-order valence-corrected chi connectivity index (χ0v) is 9.44. The molecule has 0 aliphatic heterocycles. The van der Waals surface area contributed by atoms with Gasteiger partial charge in [-0.3, -0.25) is 0 Å². The normalized spacial score (nSPS) is 9.67. The highest BCUT2D eigenvalue weighted by molar-refractivity contribution is 14.1. The molecule has 0 saturated heterocycles. The van der Waals surface area contributed by atoms with E-state index >= 15 is 0 Å². The summed E-state index contributed by atoms with van der Waals surface area (Å²) in [5.74, 6) is 0. The average Bonchev–Trinajstić information content (AvgIpc) is 1.80. The van der Waals surface area contributed by atoms with Crippen molar-refractivity contribution in [3.05, 3.63) is 18.8 Å². The van der Waals surface area contributed by atoms with Crippen molar-refractivity contribution in [2.45, 2.75) is 0 Å². The van der Waals surface area contributed by atoms with Gasteiger partial charge in [0.15, 0.2) is 0 Å². The highest BCUT2D eigenvalue weighted by Crippen LogP contribution is 2.17.